The first-order chi connectivity index (χ1) is 14.8. The lowest BCUT2D eigenvalue weighted by Gasteiger charge is -2.42. The summed E-state index contributed by atoms with van der Waals surface area (Å²) in [6.07, 6.45) is 1.67. The van der Waals surface area contributed by atoms with Crippen LogP contribution >= 0.6 is 0 Å². The molecule has 1 aromatic rings. The summed E-state index contributed by atoms with van der Waals surface area (Å²) in [7, 11) is 1.54. The van der Waals surface area contributed by atoms with Crippen molar-refractivity contribution < 1.29 is 23.9 Å². The highest BCUT2D eigenvalue weighted by Gasteiger charge is 2.41. The second-order valence-electron chi connectivity index (χ2n) is 8.42. The summed E-state index contributed by atoms with van der Waals surface area (Å²) in [4.78, 5) is 41.3. The molecule has 2 heterocycles. The maximum absolute atomic E-state index is 13.1. The van der Waals surface area contributed by atoms with Crippen LogP contribution in [0.1, 0.15) is 26.7 Å². The van der Waals surface area contributed by atoms with Crippen LogP contribution < -0.4 is 15.4 Å². The Bertz CT molecular complexity index is 824. The molecular weight excluding hydrogens is 400 g/mol. The molecule has 0 spiro atoms. The number of morpholine rings is 1. The molecule has 0 saturated carbocycles. The van der Waals surface area contributed by atoms with Gasteiger partial charge in [-0.1, -0.05) is 0 Å². The topological polar surface area (TPSA) is 100 Å². The molecule has 0 unspecified atom stereocenters. The largest absolute Gasteiger partial charge is 0.497 e. The van der Waals surface area contributed by atoms with Crippen LogP contribution in [0, 0.1) is 5.41 Å². The molecule has 31 heavy (non-hydrogen) atoms. The van der Waals surface area contributed by atoms with Crippen LogP contribution in [0.4, 0.5) is 11.4 Å². The summed E-state index contributed by atoms with van der Waals surface area (Å²) in [6, 6.07) is 5.08. The number of rotatable bonds is 6. The van der Waals surface area contributed by atoms with Gasteiger partial charge in [-0.3, -0.25) is 19.3 Å². The van der Waals surface area contributed by atoms with Crippen molar-refractivity contribution in [2.24, 2.45) is 5.41 Å². The van der Waals surface area contributed by atoms with E-state index in [4.69, 9.17) is 9.47 Å². The Morgan fingerprint density at radius 1 is 1.13 bits per heavy atom. The van der Waals surface area contributed by atoms with Crippen molar-refractivity contribution in [3.8, 4) is 5.75 Å². The van der Waals surface area contributed by atoms with Crippen LogP contribution in [0.3, 0.4) is 0 Å². The number of benzene rings is 1. The van der Waals surface area contributed by atoms with Crippen molar-refractivity contribution in [2.75, 3.05) is 63.7 Å². The zero-order valence-electron chi connectivity index (χ0n) is 18.5. The molecule has 3 amide bonds. The molecule has 3 rings (SSSR count). The minimum Gasteiger partial charge on any atom is -0.497 e. The number of nitrogens with one attached hydrogen (secondary N) is 2. The summed E-state index contributed by atoms with van der Waals surface area (Å²) in [5.74, 6) is 0.282. The maximum atomic E-state index is 13.1. The Morgan fingerprint density at radius 3 is 2.55 bits per heavy atom. The van der Waals surface area contributed by atoms with Gasteiger partial charge in [0.15, 0.2) is 0 Å². The molecule has 0 aliphatic carbocycles. The van der Waals surface area contributed by atoms with E-state index in [9.17, 15) is 14.4 Å². The van der Waals surface area contributed by atoms with Gasteiger partial charge in [0.1, 0.15) is 5.75 Å². The zero-order chi connectivity index (χ0) is 22.4. The molecule has 2 aliphatic rings. The first-order valence-corrected chi connectivity index (χ1v) is 10.7. The van der Waals surface area contributed by atoms with Gasteiger partial charge in [-0.15, -0.1) is 0 Å². The molecular formula is C22H32N4O5. The average Bonchev–Trinajstić information content (AvgIpc) is 2.74. The SMILES string of the molecule is COc1ccc(NC(C)=O)c(NC(=O)CN2CCC[C@@](C)(C(=O)N3CCOCC3)C2)c1. The standard InChI is InChI=1S/C22H32N4O5/c1-16(27)23-18-6-5-17(30-3)13-19(18)24-20(28)14-25-8-4-7-22(2,15-25)21(29)26-9-11-31-12-10-26/h5-6,13H,4,7-12,14-15H2,1-3H3,(H,23,27)(H,24,28)/t22-/m1/s1. The van der Waals surface area contributed by atoms with Gasteiger partial charge in [-0.05, 0) is 38.4 Å². The number of hydrogen-bond donors (Lipinski definition) is 2. The van der Waals surface area contributed by atoms with Crippen molar-refractivity contribution in [1.82, 2.24) is 9.80 Å². The highest BCUT2D eigenvalue weighted by Crippen LogP contribution is 2.32. The number of carbonyl (C=O) groups excluding carboxylic acids is 3. The molecule has 170 valence electrons. The van der Waals surface area contributed by atoms with E-state index in [-0.39, 0.29) is 24.3 Å². The van der Waals surface area contributed by atoms with Gasteiger partial charge < -0.3 is 25.0 Å². The predicted octanol–water partition coefficient (Wildman–Crippen LogP) is 1.55. The van der Waals surface area contributed by atoms with Crippen LogP contribution in [0.2, 0.25) is 0 Å². The number of amides is 3. The van der Waals surface area contributed by atoms with E-state index in [0.717, 1.165) is 19.4 Å². The summed E-state index contributed by atoms with van der Waals surface area (Å²) in [6.45, 7) is 7.26. The lowest BCUT2D eigenvalue weighted by Crippen LogP contribution is -2.54. The lowest BCUT2D eigenvalue weighted by molar-refractivity contribution is -0.149. The summed E-state index contributed by atoms with van der Waals surface area (Å²) >= 11 is 0. The Hall–Kier alpha value is -2.65. The molecule has 1 aromatic carbocycles. The second kappa shape index (κ2) is 10.1. The van der Waals surface area contributed by atoms with Gasteiger partial charge in [0, 0.05) is 32.6 Å². The molecule has 2 N–H and O–H groups in total. The van der Waals surface area contributed by atoms with Crippen LogP contribution in [0.15, 0.2) is 18.2 Å². The van der Waals surface area contributed by atoms with Crippen molar-refractivity contribution >= 4 is 29.1 Å². The summed E-state index contributed by atoms with van der Waals surface area (Å²) in [5.41, 5.74) is 0.476. The van der Waals surface area contributed by atoms with Gasteiger partial charge >= 0.3 is 0 Å². The number of hydrogen-bond acceptors (Lipinski definition) is 6. The molecule has 9 heteroatoms. The number of anilines is 2. The molecule has 0 bridgehead atoms. The van der Waals surface area contributed by atoms with E-state index in [1.807, 2.05) is 16.7 Å². The maximum Gasteiger partial charge on any atom is 0.238 e. The minimum absolute atomic E-state index is 0.140. The number of carbonyl (C=O) groups is 3. The van der Waals surface area contributed by atoms with E-state index in [0.29, 0.717) is 50.0 Å². The van der Waals surface area contributed by atoms with Gasteiger partial charge in [0.25, 0.3) is 0 Å². The zero-order valence-corrected chi connectivity index (χ0v) is 18.5. The van der Waals surface area contributed by atoms with E-state index in [2.05, 4.69) is 10.6 Å². The second-order valence-corrected chi connectivity index (χ2v) is 8.42. The molecule has 2 fully saturated rings. The van der Waals surface area contributed by atoms with Gasteiger partial charge in [0.2, 0.25) is 17.7 Å². The summed E-state index contributed by atoms with van der Waals surface area (Å²) < 4.78 is 10.6. The Balaban J connectivity index is 1.64. The van der Waals surface area contributed by atoms with Gasteiger partial charge in [0.05, 0.1) is 43.7 Å². The van der Waals surface area contributed by atoms with E-state index < -0.39 is 5.41 Å². The number of piperidine rings is 1. The van der Waals surface area contributed by atoms with Crippen LogP contribution in [-0.2, 0) is 19.1 Å². The Morgan fingerprint density at radius 2 is 1.87 bits per heavy atom. The van der Waals surface area contributed by atoms with Gasteiger partial charge in [-0.25, -0.2) is 0 Å². The van der Waals surface area contributed by atoms with Crippen LogP contribution in [-0.4, -0.2) is 80.6 Å². The molecule has 0 radical (unpaired) electrons. The van der Waals surface area contributed by atoms with Crippen molar-refractivity contribution in [3.63, 3.8) is 0 Å². The van der Waals surface area contributed by atoms with Crippen molar-refractivity contribution in [3.05, 3.63) is 18.2 Å². The van der Waals surface area contributed by atoms with Crippen LogP contribution in [0.5, 0.6) is 5.75 Å². The minimum atomic E-state index is -0.507. The third-order valence-corrected chi connectivity index (χ3v) is 5.77. The van der Waals surface area contributed by atoms with Crippen molar-refractivity contribution in [2.45, 2.75) is 26.7 Å². The molecule has 0 aromatic heterocycles. The first kappa shape index (κ1) is 23.0. The fraction of sp³-hybridized carbons (Fsp3) is 0.591. The number of nitrogens with zero attached hydrogens (tertiary/aromatic N) is 2. The van der Waals surface area contributed by atoms with E-state index in [1.54, 1.807) is 25.3 Å². The fourth-order valence-corrected chi connectivity index (χ4v) is 4.25. The number of likely N-dealkylation sites (tertiary alicyclic amines) is 1. The number of ether oxygens (including phenoxy) is 2. The van der Waals surface area contributed by atoms with Crippen LogP contribution in [0.25, 0.3) is 0 Å². The van der Waals surface area contributed by atoms with E-state index in [1.165, 1.54) is 6.92 Å². The number of methoxy groups -OCH3 is 1. The first-order valence-electron chi connectivity index (χ1n) is 10.7. The highest BCUT2D eigenvalue weighted by molar-refractivity contribution is 5.99. The monoisotopic (exact) mass is 432 g/mol. The summed E-state index contributed by atoms with van der Waals surface area (Å²) in [5, 5.41) is 5.59. The Labute approximate surface area is 183 Å². The molecule has 9 nitrogen and oxygen atoms in total. The van der Waals surface area contributed by atoms with E-state index >= 15 is 0 Å². The van der Waals surface area contributed by atoms with Gasteiger partial charge in [-0.2, -0.15) is 0 Å². The third-order valence-electron chi connectivity index (χ3n) is 5.77. The average molecular weight is 433 g/mol. The van der Waals surface area contributed by atoms with Crippen molar-refractivity contribution in [1.29, 1.82) is 0 Å². The quantitative estimate of drug-likeness (QED) is 0.708. The fourth-order valence-electron chi connectivity index (χ4n) is 4.25. The third kappa shape index (κ3) is 5.95. The molecule has 2 aliphatic heterocycles. The lowest BCUT2D eigenvalue weighted by atomic mass is 9.80. The smallest absolute Gasteiger partial charge is 0.238 e. The molecule has 1 atom stereocenters. The molecule has 2 saturated heterocycles. The Kier molecular flexibility index (Phi) is 7.50. The highest BCUT2D eigenvalue weighted by atomic mass is 16.5. The predicted molar refractivity (Wildman–Crippen MR) is 117 cm³/mol. The normalized spacial score (nSPS) is 22.0.